The Hall–Kier alpha value is -0.0400. The lowest BCUT2D eigenvalue weighted by Crippen LogP contribution is -2.63. The number of nitrogens with zero attached hydrogens (tertiary/aromatic N) is 1. The molecule has 0 bridgehead atoms. The normalized spacial score (nSPS) is 13.7. The van der Waals surface area contributed by atoms with Crippen LogP contribution in [-0.4, -0.2) is 29.2 Å². The summed E-state index contributed by atoms with van der Waals surface area (Å²) in [5.41, 5.74) is 0. The quantitative estimate of drug-likeness (QED) is 0.594. The Bertz CT molecular complexity index is 135. The summed E-state index contributed by atoms with van der Waals surface area (Å²) in [6, 6.07) is 2.16. The van der Waals surface area contributed by atoms with Crippen LogP contribution in [0, 0.1) is 5.92 Å². The summed E-state index contributed by atoms with van der Waals surface area (Å²) in [6.07, 6.45) is 0. The topological polar surface area (TPSA) is 0 Å². The molecule has 86 valence electrons. The van der Waals surface area contributed by atoms with Gasteiger partial charge in [-0.3, -0.25) is 0 Å². The van der Waals surface area contributed by atoms with E-state index >= 15 is 0 Å². The fourth-order valence-corrected chi connectivity index (χ4v) is 3.05. The Morgan fingerprint density at radius 3 is 1.00 bits per heavy atom. The van der Waals surface area contributed by atoms with E-state index in [0.29, 0.717) is 0 Å². The maximum absolute atomic E-state index is 2.36. The molecule has 0 fully saturated rings. The molecule has 0 atom stereocenters. The summed E-state index contributed by atoms with van der Waals surface area (Å²) < 4.78 is 1.25. The molecule has 0 amide bonds. The molecule has 14 heavy (non-hydrogen) atoms. The molecule has 1 nitrogen and oxygen atoms in total. The Morgan fingerprint density at radius 2 is 0.929 bits per heavy atom. The van der Waals surface area contributed by atoms with Gasteiger partial charge in [0.15, 0.2) is 0 Å². The smallest absolute Gasteiger partial charge is 0.0837 e. The van der Waals surface area contributed by atoms with Gasteiger partial charge in [0, 0.05) is 5.92 Å². The van der Waals surface area contributed by atoms with E-state index in [2.05, 4.69) is 55.4 Å². The second-order valence-electron chi connectivity index (χ2n) is 5.85. The number of hydrogen-bond donors (Lipinski definition) is 0. The molecule has 0 aliphatic carbocycles. The van der Waals surface area contributed by atoms with Crippen molar-refractivity contribution in [3.8, 4) is 0 Å². The first-order valence-electron chi connectivity index (χ1n) is 6.12. The SMILES string of the molecule is CC(C)C[N+](C(C)C)(C(C)C)C(C)C. The Morgan fingerprint density at radius 1 is 0.643 bits per heavy atom. The zero-order valence-corrected chi connectivity index (χ0v) is 11.5. The third kappa shape index (κ3) is 2.73. The molecule has 0 rings (SSSR count). The van der Waals surface area contributed by atoms with Gasteiger partial charge in [-0.15, -0.1) is 0 Å². The van der Waals surface area contributed by atoms with Crippen LogP contribution in [0.15, 0.2) is 0 Å². The van der Waals surface area contributed by atoms with Crippen LogP contribution >= 0.6 is 0 Å². The van der Waals surface area contributed by atoms with Crippen LogP contribution in [0.1, 0.15) is 55.4 Å². The van der Waals surface area contributed by atoms with Crippen LogP contribution in [0.4, 0.5) is 0 Å². The number of quaternary nitrogens is 1. The Balaban J connectivity index is 4.95. The summed E-state index contributed by atoms with van der Waals surface area (Å²) in [5, 5.41) is 0. The van der Waals surface area contributed by atoms with E-state index in [1.165, 1.54) is 11.0 Å². The van der Waals surface area contributed by atoms with Gasteiger partial charge in [0.1, 0.15) is 0 Å². The monoisotopic (exact) mass is 200 g/mol. The van der Waals surface area contributed by atoms with Gasteiger partial charge in [-0.25, -0.2) is 0 Å². The summed E-state index contributed by atoms with van der Waals surface area (Å²) in [5.74, 6) is 0.780. The molecule has 0 N–H and O–H groups in total. The molecule has 0 saturated heterocycles. The molecule has 0 saturated carbocycles. The Kier molecular flexibility index (Phi) is 5.14. The van der Waals surface area contributed by atoms with E-state index in [4.69, 9.17) is 0 Å². The van der Waals surface area contributed by atoms with Crippen molar-refractivity contribution in [2.75, 3.05) is 6.54 Å². The summed E-state index contributed by atoms with van der Waals surface area (Å²) >= 11 is 0. The fourth-order valence-electron chi connectivity index (χ4n) is 3.05. The van der Waals surface area contributed by atoms with E-state index in [1.54, 1.807) is 0 Å². The van der Waals surface area contributed by atoms with Crippen molar-refractivity contribution in [3.05, 3.63) is 0 Å². The minimum absolute atomic E-state index is 0.720. The predicted octanol–water partition coefficient (Wildman–Crippen LogP) is 3.68. The van der Waals surface area contributed by atoms with E-state index in [1.807, 2.05) is 0 Å². The van der Waals surface area contributed by atoms with Crippen molar-refractivity contribution in [1.82, 2.24) is 0 Å². The van der Waals surface area contributed by atoms with Gasteiger partial charge < -0.3 is 4.48 Å². The summed E-state index contributed by atoms with van der Waals surface area (Å²) in [6.45, 7) is 20.1. The molecule has 0 aromatic rings. The van der Waals surface area contributed by atoms with Crippen molar-refractivity contribution in [1.29, 1.82) is 0 Å². The molecule has 0 aliphatic heterocycles. The van der Waals surface area contributed by atoms with E-state index in [-0.39, 0.29) is 0 Å². The molecule has 0 aliphatic rings. The highest BCUT2D eigenvalue weighted by Crippen LogP contribution is 2.26. The second kappa shape index (κ2) is 5.16. The van der Waals surface area contributed by atoms with Crippen LogP contribution in [0.25, 0.3) is 0 Å². The van der Waals surface area contributed by atoms with Gasteiger partial charge in [0.2, 0.25) is 0 Å². The maximum atomic E-state index is 2.36. The van der Waals surface area contributed by atoms with E-state index in [9.17, 15) is 0 Å². The average Bonchev–Trinajstić information content (AvgIpc) is 1.97. The number of rotatable bonds is 5. The zero-order chi connectivity index (χ0) is 11.5. The van der Waals surface area contributed by atoms with Gasteiger partial charge >= 0.3 is 0 Å². The van der Waals surface area contributed by atoms with Gasteiger partial charge in [-0.1, -0.05) is 13.8 Å². The third-order valence-electron chi connectivity index (χ3n) is 3.57. The first kappa shape index (κ1) is 14.0. The van der Waals surface area contributed by atoms with Gasteiger partial charge in [-0.2, -0.15) is 0 Å². The molecular weight excluding hydrogens is 170 g/mol. The Labute approximate surface area is 91.1 Å². The van der Waals surface area contributed by atoms with Crippen LogP contribution in [0.3, 0.4) is 0 Å². The largest absolute Gasteiger partial charge is 0.317 e. The highest BCUT2D eigenvalue weighted by atomic mass is 15.4. The van der Waals surface area contributed by atoms with Crippen molar-refractivity contribution in [2.45, 2.75) is 73.5 Å². The highest BCUT2D eigenvalue weighted by Gasteiger charge is 2.38. The first-order valence-corrected chi connectivity index (χ1v) is 6.12. The molecular formula is C13H30N+. The van der Waals surface area contributed by atoms with Crippen LogP contribution < -0.4 is 0 Å². The average molecular weight is 200 g/mol. The summed E-state index contributed by atoms with van der Waals surface area (Å²) in [4.78, 5) is 0. The van der Waals surface area contributed by atoms with Crippen molar-refractivity contribution < 1.29 is 4.48 Å². The maximum Gasteiger partial charge on any atom is 0.0837 e. The standard InChI is InChI=1S/C13H30N/c1-10(2)9-14(11(3)4,12(5)6)13(7)8/h10-13H,9H2,1-8H3/q+1. The van der Waals surface area contributed by atoms with Crippen LogP contribution in [-0.2, 0) is 0 Å². The van der Waals surface area contributed by atoms with Crippen molar-refractivity contribution in [3.63, 3.8) is 0 Å². The lowest BCUT2D eigenvalue weighted by molar-refractivity contribution is -0.987. The number of hydrogen-bond acceptors (Lipinski definition) is 0. The molecule has 0 unspecified atom stereocenters. The van der Waals surface area contributed by atoms with E-state index < -0.39 is 0 Å². The fraction of sp³-hybridized carbons (Fsp3) is 1.00. The molecule has 0 spiro atoms. The molecule has 0 radical (unpaired) electrons. The third-order valence-corrected chi connectivity index (χ3v) is 3.57. The van der Waals surface area contributed by atoms with Gasteiger partial charge in [0.25, 0.3) is 0 Å². The minimum atomic E-state index is 0.720. The highest BCUT2D eigenvalue weighted by molar-refractivity contribution is 4.60. The van der Waals surface area contributed by atoms with Gasteiger partial charge in [0.05, 0.1) is 24.7 Å². The molecule has 0 heterocycles. The minimum Gasteiger partial charge on any atom is -0.317 e. The van der Waals surface area contributed by atoms with Crippen LogP contribution in [0.5, 0.6) is 0 Å². The molecule has 1 heteroatoms. The summed E-state index contributed by atoms with van der Waals surface area (Å²) in [7, 11) is 0. The second-order valence-corrected chi connectivity index (χ2v) is 5.85. The molecule has 0 aromatic carbocycles. The molecule has 0 aromatic heterocycles. The first-order chi connectivity index (χ1) is 6.25. The van der Waals surface area contributed by atoms with Gasteiger partial charge in [-0.05, 0) is 41.5 Å². The van der Waals surface area contributed by atoms with E-state index in [0.717, 1.165) is 24.0 Å². The van der Waals surface area contributed by atoms with Crippen molar-refractivity contribution in [2.24, 2.45) is 5.92 Å². The zero-order valence-electron chi connectivity index (χ0n) is 11.5. The lowest BCUT2D eigenvalue weighted by atomic mass is 10.0. The lowest BCUT2D eigenvalue weighted by Gasteiger charge is -2.50. The predicted molar refractivity (Wildman–Crippen MR) is 65.4 cm³/mol. The van der Waals surface area contributed by atoms with Crippen LogP contribution in [0.2, 0.25) is 0 Å². The van der Waals surface area contributed by atoms with Crippen molar-refractivity contribution >= 4 is 0 Å².